The molecule has 1 fully saturated rings. The molecule has 0 unspecified atom stereocenters. The molecule has 7 nitrogen and oxygen atoms in total. The molecule has 1 aliphatic carbocycles. The van der Waals surface area contributed by atoms with Crippen LogP contribution in [0.1, 0.15) is 28.8 Å². The number of carbonyl (C=O) groups is 2. The number of carbonyl (C=O) groups excluding carboxylic acids is 2. The van der Waals surface area contributed by atoms with Gasteiger partial charge in [0.15, 0.2) is 11.5 Å². The van der Waals surface area contributed by atoms with Gasteiger partial charge >= 0.3 is 0 Å². The van der Waals surface area contributed by atoms with Gasteiger partial charge in [0.2, 0.25) is 0 Å². The number of nitrogens with one attached hydrogen (secondary N) is 2. The minimum absolute atomic E-state index is 0.182. The molecule has 4 rings (SSSR count). The second-order valence-corrected chi connectivity index (χ2v) is 8.12. The summed E-state index contributed by atoms with van der Waals surface area (Å²) in [5.41, 5.74) is 4.94. The number of hydrogen-bond donors (Lipinski definition) is 2. The number of rotatable bonds is 8. The first-order chi connectivity index (χ1) is 15.1. The van der Waals surface area contributed by atoms with E-state index in [4.69, 9.17) is 9.47 Å². The first-order valence-corrected chi connectivity index (χ1v) is 10.8. The highest BCUT2D eigenvalue weighted by atomic mass is 32.1. The van der Waals surface area contributed by atoms with E-state index in [2.05, 4.69) is 33.4 Å². The summed E-state index contributed by atoms with van der Waals surface area (Å²) in [6.45, 7) is -0.182. The van der Waals surface area contributed by atoms with E-state index in [0.717, 1.165) is 29.5 Å². The topological polar surface area (TPSA) is 89.0 Å². The van der Waals surface area contributed by atoms with Crippen LogP contribution < -0.4 is 20.2 Å². The molecule has 31 heavy (non-hydrogen) atoms. The van der Waals surface area contributed by atoms with Crippen LogP contribution in [-0.2, 0) is 4.79 Å². The van der Waals surface area contributed by atoms with Crippen molar-refractivity contribution >= 4 is 38.9 Å². The highest BCUT2D eigenvalue weighted by Crippen LogP contribution is 2.37. The number of nitrogens with zero attached hydrogens (tertiary/aromatic N) is 1. The highest BCUT2D eigenvalue weighted by Gasteiger charge is 2.30. The van der Waals surface area contributed by atoms with E-state index in [9.17, 15) is 9.59 Å². The number of ether oxygens (including phenoxy) is 2. The maximum atomic E-state index is 12.4. The van der Waals surface area contributed by atoms with Gasteiger partial charge in [0.1, 0.15) is 0 Å². The number of fused-ring (bicyclic) bond motifs is 1. The van der Waals surface area contributed by atoms with Crippen molar-refractivity contribution in [2.24, 2.45) is 11.0 Å². The molecular weight excluding hydrogens is 414 g/mol. The van der Waals surface area contributed by atoms with Crippen LogP contribution in [0.2, 0.25) is 0 Å². The highest BCUT2D eigenvalue weighted by molar-refractivity contribution is 7.17. The van der Waals surface area contributed by atoms with Crippen LogP contribution in [-0.4, -0.2) is 38.3 Å². The van der Waals surface area contributed by atoms with Crippen LogP contribution in [0.3, 0.4) is 0 Å². The summed E-state index contributed by atoms with van der Waals surface area (Å²) in [6.07, 6.45) is 2.13. The Bertz CT molecular complexity index is 1150. The zero-order valence-corrected chi connectivity index (χ0v) is 18.1. The summed E-state index contributed by atoms with van der Waals surface area (Å²) in [5, 5.41) is 10.3. The normalized spacial score (nSPS) is 13.7. The summed E-state index contributed by atoms with van der Waals surface area (Å²) < 4.78 is 11.6. The number of hydrogen-bond acceptors (Lipinski definition) is 6. The molecule has 1 saturated carbocycles. The van der Waals surface area contributed by atoms with Crippen LogP contribution >= 0.6 is 11.3 Å². The molecule has 0 aliphatic heterocycles. The summed E-state index contributed by atoms with van der Waals surface area (Å²) in [6, 6.07) is 13.0. The lowest BCUT2D eigenvalue weighted by atomic mass is 10.1. The van der Waals surface area contributed by atoms with Crippen molar-refractivity contribution in [1.29, 1.82) is 0 Å². The third-order valence-corrected chi connectivity index (χ3v) is 6.04. The van der Waals surface area contributed by atoms with Crippen molar-refractivity contribution in [3.05, 3.63) is 59.0 Å². The fourth-order valence-electron chi connectivity index (χ4n) is 3.31. The van der Waals surface area contributed by atoms with E-state index in [-0.39, 0.29) is 18.4 Å². The summed E-state index contributed by atoms with van der Waals surface area (Å²) >= 11 is 1.67. The molecule has 160 valence electrons. The Morgan fingerprint density at radius 1 is 1.10 bits per heavy atom. The Hall–Kier alpha value is -3.39. The van der Waals surface area contributed by atoms with Gasteiger partial charge in [-0.2, -0.15) is 5.10 Å². The van der Waals surface area contributed by atoms with Gasteiger partial charge in [-0.25, -0.2) is 5.43 Å². The van der Waals surface area contributed by atoms with Gasteiger partial charge in [-0.15, -0.1) is 11.3 Å². The van der Waals surface area contributed by atoms with E-state index in [1.165, 1.54) is 18.9 Å². The third kappa shape index (κ3) is 4.69. The number of hydrazone groups is 1. The standard InChI is InChI=1S/C23H23N3O4S/c1-29-18-10-9-15(11-19(18)30-2)23(28)24-12-21(27)25-26-22(14-7-8-14)17-13-31-20-6-4-3-5-16(17)20/h3-6,9-11,13-14H,7-8,12H2,1-2H3,(H,24,28)(H,25,27)/b26-22+. The van der Waals surface area contributed by atoms with E-state index in [0.29, 0.717) is 23.0 Å². The first-order valence-electron chi connectivity index (χ1n) is 9.94. The van der Waals surface area contributed by atoms with Crippen LogP contribution in [0.25, 0.3) is 10.1 Å². The molecule has 1 aliphatic rings. The average molecular weight is 438 g/mol. The number of amides is 2. The van der Waals surface area contributed by atoms with Crippen molar-refractivity contribution in [3.63, 3.8) is 0 Å². The molecule has 2 aromatic carbocycles. The molecule has 2 N–H and O–H groups in total. The fourth-order valence-corrected chi connectivity index (χ4v) is 4.26. The zero-order valence-electron chi connectivity index (χ0n) is 17.3. The van der Waals surface area contributed by atoms with Crippen molar-refractivity contribution in [2.75, 3.05) is 20.8 Å². The van der Waals surface area contributed by atoms with Gasteiger partial charge in [-0.3, -0.25) is 9.59 Å². The quantitative estimate of drug-likeness (QED) is 0.416. The number of methoxy groups -OCH3 is 2. The van der Waals surface area contributed by atoms with Gasteiger partial charge in [0.05, 0.1) is 26.5 Å². The van der Waals surface area contributed by atoms with Gasteiger partial charge in [-0.05, 0) is 37.1 Å². The molecule has 0 saturated heterocycles. The van der Waals surface area contributed by atoms with Gasteiger partial charge in [0.25, 0.3) is 11.8 Å². The van der Waals surface area contributed by atoms with Crippen molar-refractivity contribution < 1.29 is 19.1 Å². The molecule has 8 heteroatoms. The predicted octanol–water partition coefficient (Wildman–Crippen LogP) is 3.58. The zero-order chi connectivity index (χ0) is 21.8. The fraction of sp³-hybridized carbons (Fsp3) is 0.261. The van der Waals surface area contributed by atoms with E-state index >= 15 is 0 Å². The van der Waals surface area contributed by atoms with Gasteiger partial charge in [0, 0.05) is 32.5 Å². The number of thiophene rings is 1. The Morgan fingerprint density at radius 2 is 1.87 bits per heavy atom. The Kier molecular flexibility index (Phi) is 6.18. The smallest absolute Gasteiger partial charge is 0.259 e. The maximum absolute atomic E-state index is 12.4. The SMILES string of the molecule is COc1ccc(C(=O)NCC(=O)N/N=C(/c2csc3ccccc23)C2CC2)cc1OC. The Morgan fingerprint density at radius 3 is 2.61 bits per heavy atom. The minimum Gasteiger partial charge on any atom is -0.493 e. The lowest BCUT2D eigenvalue weighted by Crippen LogP contribution is -2.35. The van der Waals surface area contributed by atoms with Crippen LogP contribution in [0.15, 0.2) is 52.9 Å². The molecule has 1 heterocycles. The third-order valence-electron chi connectivity index (χ3n) is 5.08. The van der Waals surface area contributed by atoms with E-state index in [1.54, 1.807) is 29.5 Å². The lowest BCUT2D eigenvalue weighted by molar-refractivity contribution is -0.120. The van der Waals surface area contributed by atoms with Crippen molar-refractivity contribution in [2.45, 2.75) is 12.8 Å². The number of benzene rings is 2. The molecule has 3 aromatic rings. The van der Waals surface area contributed by atoms with Crippen LogP contribution in [0.5, 0.6) is 11.5 Å². The van der Waals surface area contributed by atoms with Crippen molar-refractivity contribution in [3.8, 4) is 11.5 Å². The summed E-state index contributed by atoms with van der Waals surface area (Å²) in [4.78, 5) is 24.7. The van der Waals surface area contributed by atoms with Crippen LogP contribution in [0, 0.1) is 5.92 Å². The van der Waals surface area contributed by atoms with Crippen molar-refractivity contribution in [1.82, 2.24) is 10.7 Å². The molecule has 1 aromatic heterocycles. The second kappa shape index (κ2) is 9.18. The first kappa shape index (κ1) is 20.9. The molecule has 0 radical (unpaired) electrons. The maximum Gasteiger partial charge on any atom is 0.259 e. The molecule has 2 amide bonds. The molecule has 0 bridgehead atoms. The van der Waals surface area contributed by atoms with E-state index < -0.39 is 0 Å². The molecule has 0 atom stereocenters. The minimum atomic E-state index is -0.383. The van der Waals surface area contributed by atoms with E-state index in [1.807, 2.05) is 12.1 Å². The van der Waals surface area contributed by atoms with Gasteiger partial charge in [-0.1, -0.05) is 18.2 Å². The second-order valence-electron chi connectivity index (χ2n) is 7.20. The predicted molar refractivity (Wildman–Crippen MR) is 121 cm³/mol. The molecule has 0 spiro atoms. The Balaban J connectivity index is 1.40. The largest absolute Gasteiger partial charge is 0.493 e. The monoisotopic (exact) mass is 437 g/mol. The summed E-state index contributed by atoms with van der Waals surface area (Å²) in [7, 11) is 3.02. The average Bonchev–Trinajstić information content (AvgIpc) is 3.56. The lowest BCUT2D eigenvalue weighted by Gasteiger charge is -2.10. The van der Waals surface area contributed by atoms with Crippen LogP contribution in [0.4, 0.5) is 0 Å². The Labute approximate surface area is 184 Å². The molecular formula is C23H23N3O4S. The van der Waals surface area contributed by atoms with Gasteiger partial charge < -0.3 is 14.8 Å². The summed E-state index contributed by atoms with van der Waals surface area (Å²) in [5.74, 6) is 0.568.